The Kier molecular flexibility index (Phi) is 5.03. The number of hydrogen-bond donors (Lipinski definition) is 0. The first-order valence-corrected chi connectivity index (χ1v) is 8.48. The number of ether oxygens (including phenoxy) is 1. The molecular formula is C18H14F3IN2O. The van der Waals surface area contributed by atoms with Gasteiger partial charge in [0.2, 0.25) is 0 Å². The highest BCUT2D eigenvalue weighted by Crippen LogP contribution is 2.34. The van der Waals surface area contributed by atoms with Gasteiger partial charge in [-0.25, -0.2) is 4.98 Å². The molecule has 0 saturated heterocycles. The van der Waals surface area contributed by atoms with Crippen LogP contribution in [0.3, 0.4) is 0 Å². The van der Waals surface area contributed by atoms with E-state index < -0.39 is 11.9 Å². The third kappa shape index (κ3) is 3.81. The number of hydrogen-bond acceptors (Lipinski definition) is 2. The van der Waals surface area contributed by atoms with Crippen LogP contribution in [0.5, 0.6) is 5.75 Å². The van der Waals surface area contributed by atoms with Crippen LogP contribution in [-0.4, -0.2) is 16.7 Å². The molecule has 0 aliphatic carbocycles. The topological polar surface area (TPSA) is 27.1 Å². The van der Waals surface area contributed by atoms with Gasteiger partial charge in [0.05, 0.1) is 19.9 Å². The van der Waals surface area contributed by atoms with Crippen LogP contribution in [0.15, 0.2) is 54.7 Å². The molecule has 130 valence electrons. The Bertz CT molecular complexity index is 873. The Labute approximate surface area is 156 Å². The van der Waals surface area contributed by atoms with Gasteiger partial charge >= 0.3 is 6.18 Å². The van der Waals surface area contributed by atoms with E-state index >= 15 is 0 Å². The molecule has 3 aromatic rings. The Morgan fingerprint density at radius 2 is 1.76 bits per heavy atom. The monoisotopic (exact) mass is 458 g/mol. The van der Waals surface area contributed by atoms with Gasteiger partial charge in [-0.2, -0.15) is 13.2 Å². The molecule has 0 fully saturated rings. The molecule has 1 heterocycles. The van der Waals surface area contributed by atoms with Gasteiger partial charge in [-0.05, 0) is 40.8 Å². The van der Waals surface area contributed by atoms with Gasteiger partial charge in [-0.1, -0.05) is 30.3 Å². The van der Waals surface area contributed by atoms with Crippen molar-refractivity contribution in [2.75, 3.05) is 7.11 Å². The smallest absolute Gasteiger partial charge is 0.433 e. The minimum absolute atomic E-state index is 0.0141. The number of para-hydroxylation sites is 1. The zero-order valence-corrected chi connectivity index (χ0v) is 15.4. The molecule has 7 heteroatoms. The number of halogens is 4. The fourth-order valence-corrected chi connectivity index (χ4v) is 2.95. The lowest BCUT2D eigenvalue weighted by Crippen LogP contribution is -2.15. The molecule has 0 aliphatic rings. The van der Waals surface area contributed by atoms with Crippen molar-refractivity contribution in [1.82, 2.24) is 9.55 Å². The molecule has 2 aromatic carbocycles. The van der Waals surface area contributed by atoms with Gasteiger partial charge in [-0.3, -0.25) is 0 Å². The Balaban J connectivity index is 2.12. The minimum Gasteiger partial charge on any atom is -0.496 e. The van der Waals surface area contributed by atoms with Crippen LogP contribution >= 0.6 is 22.6 Å². The maximum atomic E-state index is 13.4. The van der Waals surface area contributed by atoms with Crippen LogP contribution in [0.1, 0.15) is 11.3 Å². The van der Waals surface area contributed by atoms with Crippen molar-refractivity contribution >= 4 is 22.6 Å². The molecule has 1 aromatic heterocycles. The van der Waals surface area contributed by atoms with Crippen molar-refractivity contribution in [2.45, 2.75) is 12.7 Å². The minimum atomic E-state index is -4.49. The summed E-state index contributed by atoms with van der Waals surface area (Å²) in [6.45, 7) is 0.0141. The predicted molar refractivity (Wildman–Crippen MR) is 97.5 cm³/mol. The molecule has 0 saturated carbocycles. The van der Waals surface area contributed by atoms with E-state index in [1.807, 2.05) is 12.1 Å². The Hall–Kier alpha value is -2.03. The highest BCUT2D eigenvalue weighted by Gasteiger charge is 2.36. The van der Waals surface area contributed by atoms with E-state index in [1.165, 1.54) is 11.7 Å². The van der Waals surface area contributed by atoms with Crippen LogP contribution in [0.4, 0.5) is 13.2 Å². The van der Waals surface area contributed by atoms with E-state index in [1.54, 1.807) is 36.4 Å². The predicted octanol–water partition coefficient (Wildman–Crippen LogP) is 5.23. The van der Waals surface area contributed by atoms with Crippen molar-refractivity contribution in [2.24, 2.45) is 0 Å². The highest BCUT2D eigenvalue weighted by atomic mass is 127. The van der Waals surface area contributed by atoms with E-state index in [-0.39, 0.29) is 12.4 Å². The average Bonchev–Trinajstić information content (AvgIpc) is 3.00. The number of aromatic nitrogens is 2. The molecular weight excluding hydrogens is 444 g/mol. The molecule has 0 spiro atoms. The van der Waals surface area contributed by atoms with Crippen LogP contribution < -0.4 is 4.74 Å². The summed E-state index contributed by atoms with van der Waals surface area (Å²) in [6.07, 6.45) is -3.61. The number of benzene rings is 2. The molecule has 0 unspecified atom stereocenters. The first-order chi connectivity index (χ1) is 11.9. The number of alkyl halides is 3. The third-order valence-corrected chi connectivity index (χ3v) is 4.49. The van der Waals surface area contributed by atoms with Gasteiger partial charge in [0.15, 0.2) is 0 Å². The largest absolute Gasteiger partial charge is 0.496 e. The number of imidazole rings is 1. The molecule has 0 bridgehead atoms. The second-order valence-electron chi connectivity index (χ2n) is 5.37. The standard InChI is InChI=1S/C18H14F3IN2O/c1-25-15-5-3-2-4-13(15)11-24-16(18(19,20)21)10-23-17(24)12-6-8-14(22)9-7-12/h2-10H,11H2,1H3. The van der Waals surface area contributed by atoms with Gasteiger partial charge < -0.3 is 9.30 Å². The molecule has 0 aliphatic heterocycles. The normalized spacial score (nSPS) is 11.6. The molecule has 0 radical (unpaired) electrons. The number of rotatable bonds is 4. The van der Waals surface area contributed by atoms with Crippen LogP contribution in [-0.2, 0) is 12.7 Å². The fraction of sp³-hybridized carbons (Fsp3) is 0.167. The van der Waals surface area contributed by atoms with E-state index in [2.05, 4.69) is 27.6 Å². The van der Waals surface area contributed by atoms with E-state index in [9.17, 15) is 13.2 Å². The summed E-state index contributed by atoms with van der Waals surface area (Å²) in [7, 11) is 1.50. The number of methoxy groups -OCH3 is 1. The van der Waals surface area contributed by atoms with E-state index in [4.69, 9.17) is 4.74 Å². The lowest BCUT2D eigenvalue weighted by molar-refractivity contribution is -0.143. The summed E-state index contributed by atoms with van der Waals surface area (Å²) >= 11 is 2.15. The van der Waals surface area contributed by atoms with E-state index in [0.717, 1.165) is 9.77 Å². The number of nitrogens with zero attached hydrogens (tertiary/aromatic N) is 2. The Morgan fingerprint density at radius 3 is 2.40 bits per heavy atom. The molecule has 3 nitrogen and oxygen atoms in total. The quantitative estimate of drug-likeness (QED) is 0.501. The summed E-state index contributed by atoms with van der Waals surface area (Å²) in [5, 5.41) is 0. The SMILES string of the molecule is COc1ccccc1Cn1c(C(F)(F)F)cnc1-c1ccc(I)cc1. The lowest BCUT2D eigenvalue weighted by atomic mass is 10.1. The van der Waals surface area contributed by atoms with Gasteiger partial charge in [0.1, 0.15) is 17.3 Å². The van der Waals surface area contributed by atoms with Crippen molar-refractivity contribution < 1.29 is 17.9 Å². The second-order valence-corrected chi connectivity index (χ2v) is 6.62. The summed E-state index contributed by atoms with van der Waals surface area (Å²) in [6, 6.07) is 14.2. The summed E-state index contributed by atoms with van der Waals surface area (Å²) in [4.78, 5) is 4.03. The van der Waals surface area contributed by atoms with Crippen molar-refractivity contribution in [3.63, 3.8) is 0 Å². The first-order valence-electron chi connectivity index (χ1n) is 7.40. The van der Waals surface area contributed by atoms with Gasteiger partial charge in [-0.15, -0.1) is 0 Å². The van der Waals surface area contributed by atoms with Crippen LogP contribution in [0, 0.1) is 3.57 Å². The van der Waals surface area contributed by atoms with Crippen molar-refractivity contribution in [3.8, 4) is 17.1 Å². The van der Waals surface area contributed by atoms with Crippen LogP contribution in [0.2, 0.25) is 0 Å². The van der Waals surface area contributed by atoms with E-state index in [0.29, 0.717) is 16.9 Å². The third-order valence-electron chi connectivity index (χ3n) is 3.77. The van der Waals surface area contributed by atoms with Crippen molar-refractivity contribution in [1.29, 1.82) is 0 Å². The summed E-state index contributed by atoms with van der Waals surface area (Å²) < 4.78 is 47.7. The van der Waals surface area contributed by atoms with Crippen molar-refractivity contribution in [3.05, 3.63) is 69.6 Å². The fourth-order valence-electron chi connectivity index (χ4n) is 2.60. The molecule has 0 N–H and O–H groups in total. The Morgan fingerprint density at radius 1 is 1.08 bits per heavy atom. The zero-order chi connectivity index (χ0) is 18.0. The summed E-state index contributed by atoms with van der Waals surface area (Å²) in [5.41, 5.74) is 0.498. The van der Waals surface area contributed by atoms with Gasteiger partial charge in [0, 0.05) is 14.7 Å². The van der Waals surface area contributed by atoms with Crippen LogP contribution in [0.25, 0.3) is 11.4 Å². The van der Waals surface area contributed by atoms with Gasteiger partial charge in [0.25, 0.3) is 0 Å². The second kappa shape index (κ2) is 7.07. The average molecular weight is 458 g/mol. The molecule has 0 amide bonds. The molecule has 0 atom stereocenters. The molecule has 25 heavy (non-hydrogen) atoms. The molecule has 3 rings (SSSR count). The lowest BCUT2D eigenvalue weighted by Gasteiger charge is -2.16. The summed E-state index contributed by atoms with van der Waals surface area (Å²) in [5.74, 6) is 0.813. The maximum Gasteiger partial charge on any atom is 0.433 e. The zero-order valence-electron chi connectivity index (χ0n) is 13.2. The first kappa shape index (κ1) is 17.8. The maximum absolute atomic E-state index is 13.4. The highest BCUT2D eigenvalue weighted by molar-refractivity contribution is 14.1.